The molecule has 0 amide bonds. The summed E-state index contributed by atoms with van der Waals surface area (Å²) in [5.74, 6) is -0.814. The first-order chi connectivity index (χ1) is 14.8. The Morgan fingerprint density at radius 2 is 1.21 bits per heavy atom. The van der Waals surface area contributed by atoms with Gasteiger partial charge in [0.2, 0.25) is 0 Å². The van der Waals surface area contributed by atoms with Gasteiger partial charge >= 0.3 is 12.4 Å². The molecule has 0 bridgehead atoms. The van der Waals surface area contributed by atoms with E-state index in [1.54, 1.807) is 40.7 Å². The van der Waals surface area contributed by atoms with Crippen LogP contribution >= 0.6 is 0 Å². The molecule has 0 atom stereocenters. The average Bonchev–Trinajstić information content (AvgIpc) is 2.60. The second-order valence-corrected chi connectivity index (χ2v) is 10.3. The van der Waals surface area contributed by atoms with E-state index in [0.717, 1.165) is 18.2 Å². The lowest BCUT2D eigenvalue weighted by molar-refractivity contribution is -0.139. The van der Waals surface area contributed by atoms with E-state index >= 15 is 0 Å². The topological polar surface area (TPSA) is 23.8 Å². The highest BCUT2D eigenvalue weighted by Gasteiger charge is 2.37. The Morgan fingerprint density at radius 3 is 1.70 bits per heavy atom. The molecule has 0 aliphatic rings. The molecule has 2 aromatic rings. The fourth-order valence-electron chi connectivity index (χ4n) is 3.93. The zero-order valence-corrected chi connectivity index (χ0v) is 19.1. The molecule has 180 valence electrons. The van der Waals surface area contributed by atoms with Crippen molar-refractivity contribution in [1.82, 2.24) is 0 Å². The summed E-state index contributed by atoms with van der Waals surface area (Å²) in [6, 6.07) is 6.52. The zero-order valence-electron chi connectivity index (χ0n) is 19.1. The Bertz CT molecular complexity index is 1050. The molecular weight excluding hydrogens is 447 g/mol. The number of nitrogens with zero attached hydrogens (tertiary/aromatic N) is 1. The van der Waals surface area contributed by atoms with E-state index in [1.165, 1.54) is 12.1 Å². The van der Waals surface area contributed by atoms with Crippen molar-refractivity contribution >= 4 is 0 Å². The molecule has 0 spiro atoms. The molecule has 0 aliphatic heterocycles. The predicted octanol–water partition coefficient (Wildman–Crippen LogP) is 8.13. The molecule has 0 aliphatic carbocycles. The van der Waals surface area contributed by atoms with Crippen LogP contribution in [-0.4, -0.2) is 0 Å². The largest absolute Gasteiger partial charge is 0.416 e. The Morgan fingerprint density at radius 1 is 0.697 bits per heavy atom. The minimum Gasteiger partial charge on any atom is -0.207 e. The molecule has 0 unspecified atom stereocenters. The zero-order chi connectivity index (χ0) is 25.4. The quantitative estimate of drug-likeness (QED) is 0.402. The summed E-state index contributed by atoms with van der Waals surface area (Å²) in [5, 5.41) is 8.91. The highest BCUT2D eigenvalue weighted by molar-refractivity contribution is 5.41. The highest BCUT2D eigenvalue weighted by atomic mass is 19.4. The van der Waals surface area contributed by atoms with E-state index in [9.17, 15) is 30.7 Å². The average molecular weight is 473 g/mol. The van der Waals surface area contributed by atoms with Gasteiger partial charge in [-0.1, -0.05) is 40.7 Å². The maximum absolute atomic E-state index is 14.8. The van der Waals surface area contributed by atoms with E-state index in [0.29, 0.717) is 0 Å². The molecule has 33 heavy (non-hydrogen) atoms. The van der Waals surface area contributed by atoms with E-state index in [2.05, 4.69) is 0 Å². The van der Waals surface area contributed by atoms with Crippen LogP contribution in [0.2, 0.25) is 0 Å². The minimum atomic E-state index is -4.71. The molecule has 0 aromatic heterocycles. The molecule has 0 N–H and O–H groups in total. The van der Waals surface area contributed by atoms with Gasteiger partial charge in [-0.05, 0) is 71.0 Å². The van der Waals surface area contributed by atoms with E-state index in [1.807, 2.05) is 0 Å². The Balaban J connectivity index is 2.45. The van der Waals surface area contributed by atoms with Crippen molar-refractivity contribution in [2.45, 2.75) is 66.2 Å². The van der Waals surface area contributed by atoms with Gasteiger partial charge in [0.1, 0.15) is 5.82 Å². The summed E-state index contributed by atoms with van der Waals surface area (Å²) in [4.78, 5) is 0. The summed E-state index contributed by atoms with van der Waals surface area (Å²) in [5.41, 5.74) is -4.02. The normalized spacial score (nSPS) is 13.2. The van der Waals surface area contributed by atoms with Crippen molar-refractivity contribution in [2.24, 2.45) is 10.8 Å². The van der Waals surface area contributed by atoms with Gasteiger partial charge in [-0.3, -0.25) is 0 Å². The fraction of sp³-hybridized carbons (Fsp3) is 0.480. The first kappa shape index (κ1) is 26.7. The van der Waals surface area contributed by atoms with E-state index in [4.69, 9.17) is 5.26 Å². The Kier molecular flexibility index (Phi) is 7.28. The summed E-state index contributed by atoms with van der Waals surface area (Å²) < 4.78 is 96.4. The number of alkyl halides is 6. The second kappa shape index (κ2) is 9.00. The maximum atomic E-state index is 14.8. The van der Waals surface area contributed by atoms with Crippen LogP contribution in [-0.2, 0) is 31.6 Å². The summed E-state index contributed by atoms with van der Waals surface area (Å²) in [7, 11) is 0. The van der Waals surface area contributed by atoms with Crippen LogP contribution < -0.4 is 0 Å². The minimum absolute atomic E-state index is 0.0165. The lowest BCUT2D eigenvalue weighted by Crippen LogP contribution is -2.23. The third-order valence-corrected chi connectivity index (χ3v) is 5.18. The first-order valence-corrected chi connectivity index (χ1v) is 10.3. The number of hydrogen-bond acceptors (Lipinski definition) is 1. The van der Waals surface area contributed by atoms with Crippen molar-refractivity contribution < 1.29 is 30.7 Å². The highest BCUT2D eigenvalue weighted by Crippen LogP contribution is 2.40. The maximum Gasteiger partial charge on any atom is 0.416 e. The number of hydrogen-bond donors (Lipinski definition) is 0. The van der Waals surface area contributed by atoms with Crippen molar-refractivity contribution in [2.75, 3.05) is 0 Å². The third-order valence-electron chi connectivity index (χ3n) is 5.18. The van der Waals surface area contributed by atoms with Gasteiger partial charge in [0.05, 0.1) is 22.8 Å². The van der Waals surface area contributed by atoms with Crippen LogP contribution in [0.25, 0.3) is 0 Å². The predicted molar refractivity (Wildman–Crippen MR) is 112 cm³/mol. The Labute approximate surface area is 189 Å². The van der Waals surface area contributed by atoms with Crippen molar-refractivity contribution in [1.29, 1.82) is 5.26 Å². The Hall–Kier alpha value is -2.56. The first-order valence-electron chi connectivity index (χ1n) is 10.3. The summed E-state index contributed by atoms with van der Waals surface area (Å²) >= 11 is 0. The van der Waals surface area contributed by atoms with Crippen molar-refractivity contribution in [3.8, 4) is 6.07 Å². The monoisotopic (exact) mass is 473 g/mol. The van der Waals surface area contributed by atoms with Gasteiger partial charge in [-0.15, -0.1) is 0 Å². The lowest BCUT2D eigenvalue weighted by Gasteiger charge is -2.28. The van der Waals surface area contributed by atoms with Crippen molar-refractivity contribution in [3.05, 3.63) is 69.5 Å². The van der Waals surface area contributed by atoms with Crippen LogP contribution in [0.4, 0.5) is 30.7 Å². The lowest BCUT2D eigenvalue weighted by atomic mass is 9.78. The summed E-state index contributed by atoms with van der Waals surface area (Å²) in [6.45, 7) is 8.38. The van der Waals surface area contributed by atoms with Crippen LogP contribution in [0.1, 0.15) is 68.0 Å². The van der Waals surface area contributed by atoms with Gasteiger partial charge in [-0.25, -0.2) is 4.39 Å². The van der Waals surface area contributed by atoms with Crippen LogP contribution in [0.15, 0.2) is 30.3 Å². The smallest absolute Gasteiger partial charge is 0.207 e. The fourth-order valence-corrected chi connectivity index (χ4v) is 3.93. The second-order valence-electron chi connectivity index (χ2n) is 10.3. The standard InChI is InChI=1S/C25H26F7N/c1-22(2,3)11-17-10-21(26)18(9-20(17)25(30,31)32)13-23(4,5)12-16-7-6-15(14-33)8-19(16)24(27,28)29/h6-10H,11-13H2,1-5H3. The van der Waals surface area contributed by atoms with Gasteiger partial charge < -0.3 is 0 Å². The van der Waals surface area contributed by atoms with Gasteiger partial charge in [-0.2, -0.15) is 31.6 Å². The number of rotatable bonds is 5. The molecule has 2 rings (SSSR count). The summed E-state index contributed by atoms with van der Waals surface area (Å²) in [6.07, 6.45) is -9.75. The van der Waals surface area contributed by atoms with Crippen LogP contribution in [0.3, 0.4) is 0 Å². The van der Waals surface area contributed by atoms with E-state index < -0.39 is 40.1 Å². The molecule has 2 aromatic carbocycles. The van der Waals surface area contributed by atoms with Gasteiger partial charge in [0.15, 0.2) is 0 Å². The third kappa shape index (κ3) is 7.21. The van der Waals surface area contributed by atoms with Crippen molar-refractivity contribution in [3.63, 3.8) is 0 Å². The molecular formula is C25H26F7N. The molecule has 1 nitrogen and oxygen atoms in total. The van der Waals surface area contributed by atoms with E-state index in [-0.39, 0.29) is 41.5 Å². The number of nitriles is 1. The molecule has 0 heterocycles. The molecule has 0 saturated carbocycles. The molecule has 0 saturated heterocycles. The van der Waals surface area contributed by atoms with Gasteiger partial charge in [0, 0.05) is 0 Å². The number of benzene rings is 2. The molecule has 8 heteroatoms. The van der Waals surface area contributed by atoms with Crippen LogP contribution in [0, 0.1) is 28.0 Å². The molecule has 0 radical (unpaired) electrons. The SMILES string of the molecule is CC(C)(C)Cc1cc(F)c(CC(C)(C)Cc2ccc(C#N)cc2C(F)(F)F)cc1C(F)(F)F. The van der Waals surface area contributed by atoms with Gasteiger partial charge in [0.25, 0.3) is 0 Å². The van der Waals surface area contributed by atoms with Crippen LogP contribution in [0.5, 0.6) is 0 Å². The number of halogens is 7. The molecule has 0 fully saturated rings.